The summed E-state index contributed by atoms with van der Waals surface area (Å²) in [6.07, 6.45) is 3.88. The molecule has 9 rings (SSSR count). The first kappa shape index (κ1) is 53.6. The number of likely N-dealkylation sites (N-methyl/N-ethyl adjacent to an activating group) is 2. The molecule has 0 spiro atoms. The van der Waals surface area contributed by atoms with Crippen molar-refractivity contribution in [2.75, 3.05) is 50.9 Å². The Morgan fingerprint density at radius 1 is 0.539 bits per heavy atom. The average Bonchev–Trinajstić information content (AvgIpc) is 4.26. The first-order chi connectivity index (χ1) is 36.5. The third-order valence-corrected chi connectivity index (χ3v) is 16.0. The van der Waals surface area contributed by atoms with Crippen LogP contribution in [0.4, 0.5) is 29.7 Å². The molecule has 3 aromatic rings. The summed E-state index contributed by atoms with van der Waals surface area (Å²) < 4.78 is 27.9. The summed E-state index contributed by atoms with van der Waals surface area (Å²) in [7, 11) is 3.22. The second kappa shape index (κ2) is 23.0. The maximum absolute atomic E-state index is 14.5. The van der Waals surface area contributed by atoms with Gasteiger partial charge in [-0.15, -0.1) is 0 Å². The molecule has 6 fully saturated rings. The number of amides is 10. The number of anilines is 2. The highest BCUT2D eigenvalue weighted by atomic mass is 19.1. The van der Waals surface area contributed by atoms with Gasteiger partial charge in [-0.1, -0.05) is 24.3 Å². The van der Waals surface area contributed by atoms with Crippen molar-refractivity contribution >= 4 is 58.9 Å². The number of hydrogen-bond acceptors (Lipinski definition) is 10. The van der Waals surface area contributed by atoms with Crippen molar-refractivity contribution in [3.8, 4) is 0 Å². The van der Waals surface area contributed by atoms with Gasteiger partial charge in [0.15, 0.2) is 0 Å². The predicted molar refractivity (Wildman–Crippen MR) is 276 cm³/mol. The molecule has 76 heavy (non-hydrogen) atoms. The van der Waals surface area contributed by atoms with Crippen LogP contribution in [0.25, 0.3) is 0 Å². The summed E-state index contributed by atoms with van der Waals surface area (Å²) in [5.74, 6) is -3.24. The van der Waals surface area contributed by atoms with E-state index in [1.54, 1.807) is 74.1 Å². The first-order valence-electron chi connectivity index (χ1n) is 26.4. The summed E-state index contributed by atoms with van der Waals surface area (Å²) in [4.78, 5) is 117. The lowest BCUT2D eigenvalue weighted by Gasteiger charge is -2.39. The molecule has 4 heterocycles. The van der Waals surface area contributed by atoms with Gasteiger partial charge >= 0.3 is 12.1 Å². The normalized spacial score (nSPS) is 27.8. The molecule has 6 aliphatic rings. The Balaban J connectivity index is 0.821. The molecule has 22 heteroatoms. The third kappa shape index (κ3) is 12.1. The maximum Gasteiger partial charge on any atom is 0.321 e. The van der Waals surface area contributed by atoms with Gasteiger partial charge in [0.1, 0.15) is 35.8 Å². The van der Waals surface area contributed by atoms with Gasteiger partial charge in [0, 0.05) is 60.5 Å². The smallest absolute Gasteiger partial charge is 0.321 e. The zero-order valence-electron chi connectivity index (χ0n) is 43.2. The monoisotopic (exact) mass is 1050 g/mol. The van der Waals surface area contributed by atoms with E-state index >= 15 is 0 Å². The number of rotatable bonds is 14. The van der Waals surface area contributed by atoms with Crippen molar-refractivity contribution in [2.45, 2.75) is 137 Å². The minimum absolute atomic E-state index is 0.0303. The Kier molecular flexibility index (Phi) is 16.2. The quantitative estimate of drug-likeness (QED) is 0.117. The van der Waals surface area contributed by atoms with Crippen LogP contribution in [-0.2, 0) is 28.8 Å². The van der Waals surface area contributed by atoms with E-state index < -0.39 is 71.9 Å². The van der Waals surface area contributed by atoms with Crippen LogP contribution < -0.4 is 42.5 Å². The van der Waals surface area contributed by atoms with Gasteiger partial charge in [-0.2, -0.15) is 0 Å². The van der Waals surface area contributed by atoms with Crippen LogP contribution in [0.5, 0.6) is 0 Å². The van der Waals surface area contributed by atoms with Gasteiger partial charge in [-0.25, -0.2) is 18.4 Å². The Morgan fingerprint density at radius 3 is 1.30 bits per heavy atom. The second-order valence-corrected chi connectivity index (χ2v) is 21.1. The van der Waals surface area contributed by atoms with Crippen molar-refractivity contribution in [1.29, 1.82) is 0 Å². The minimum Gasteiger partial charge on any atom is -0.351 e. The molecule has 2 saturated carbocycles. The molecule has 12 atom stereocenters. The summed E-state index contributed by atoms with van der Waals surface area (Å²) in [6.45, 7) is 3.34. The fourth-order valence-corrected chi connectivity index (χ4v) is 11.2. The number of halogens is 2. The van der Waals surface area contributed by atoms with E-state index in [9.17, 15) is 47.1 Å². The number of nitrogens with one attached hydrogen (secondary N) is 8. The average molecular weight is 1050 g/mol. The Morgan fingerprint density at radius 2 is 0.934 bits per heavy atom. The lowest BCUT2D eigenvalue weighted by atomic mass is 10.1. The summed E-state index contributed by atoms with van der Waals surface area (Å²) in [5.41, 5.74) is 2.34. The van der Waals surface area contributed by atoms with E-state index in [0.717, 1.165) is 11.1 Å². The van der Waals surface area contributed by atoms with Crippen LogP contribution in [0.2, 0.25) is 0 Å². The maximum atomic E-state index is 14.5. The highest BCUT2D eigenvalue weighted by Gasteiger charge is 2.50. The fourth-order valence-electron chi connectivity index (χ4n) is 11.2. The molecule has 2 aliphatic carbocycles. The van der Waals surface area contributed by atoms with Crippen molar-refractivity contribution < 1.29 is 47.1 Å². The second-order valence-electron chi connectivity index (χ2n) is 21.1. The van der Waals surface area contributed by atoms with Crippen LogP contribution >= 0.6 is 0 Å². The van der Waals surface area contributed by atoms with E-state index in [-0.39, 0.29) is 85.6 Å². The summed E-state index contributed by atoms with van der Waals surface area (Å²) in [6, 6.07) is 11.5. The number of benzene rings is 3. The summed E-state index contributed by atoms with van der Waals surface area (Å²) >= 11 is 0. The molecular weight excluding hydrogens is 983 g/mol. The number of nitrogens with zero attached hydrogens (tertiary/aromatic N) is 4. The minimum atomic E-state index is -1.17. The van der Waals surface area contributed by atoms with Crippen LogP contribution in [0.3, 0.4) is 0 Å². The van der Waals surface area contributed by atoms with Gasteiger partial charge < -0.3 is 62.1 Å². The first-order valence-corrected chi connectivity index (χ1v) is 26.4. The van der Waals surface area contributed by atoms with Gasteiger partial charge in [-0.05, 0) is 139 Å². The fraction of sp³-hybridized carbons (Fsp3) is 0.519. The molecule has 0 unspecified atom stereocenters. The summed E-state index contributed by atoms with van der Waals surface area (Å²) in [5, 5.41) is 23.2. The molecule has 0 bridgehead atoms. The SMILES string of the molecule is CN[C@@H](C)C(=O)N[C@H]1CN(C(=O)Nc2ccc(NC(=O)N3CC[C@H]4CC[C@@H](C(=O)N[C@H]5C[C@@H]5c5cccc(F)c5)N4C(=O)[C@@H](NC(=O)[C@H](C)NC)C3)cc2)CC[C@H]2CC[C@@H](C(=O)N[C@H]3C[C@@H]3c3cccc(F)c3)N2C1=O. The zero-order chi connectivity index (χ0) is 53.9. The standard InChI is InChI=1S/C54H68F2N12O8/c1-29(57-3)47(69)63-43-27-65(21-19-37-15-17-45(67(37)51(43)73)49(71)61-41-25-39(41)31-7-5-9-33(55)23-31)53(75)59-35-11-13-36(14-12-35)60-54(76)66-22-20-38-16-18-46(68(38)52(74)44(28-66)64-48(70)30(2)58-4)50(72)62-42-26-40(42)32-8-6-10-34(56)24-32/h5-14,23-24,29-30,37-46,57-58H,15-22,25-28H2,1-4H3,(H,59,75)(H,60,76)(H,61,71)(H,62,72)(H,63,69)(H,64,70)/t29-,30-,37+,38+,39+,40+,41-,42-,43-,44-,45-,46-/m0/s1. The molecule has 4 aliphatic heterocycles. The van der Waals surface area contributed by atoms with E-state index in [2.05, 4.69) is 42.5 Å². The number of urea groups is 2. The topological polar surface area (TPSA) is 246 Å². The Hall–Kier alpha value is -7.20. The molecule has 3 aromatic carbocycles. The molecule has 4 saturated heterocycles. The highest BCUT2D eigenvalue weighted by Crippen LogP contribution is 2.43. The van der Waals surface area contributed by atoms with Crippen molar-refractivity contribution in [3.63, 3.8) is 0 Å². The van der Waals surface area contributed by atoms with Crippen molar-refractivity contribution in [2.24, 2.45) is 0 Å². The van der Waals surface area contributed by atoms with E-state index in [4.69, 9.17) is 0 Å². The third-order valence-electron chi connectivity index (χ3n) is 16.0. The molecule has 0 radical (unpaired) electrons. The zero-order valence-corrected chi connectivity index (χ0v) is 43.2. The Labute approximate surface area is 440 Å². The predicted octanol–water partition coefficient (Wildman–Crippen LogP) is 2.69. The molecular formula is C54H68F2N12O8. The number of carbonyl (C=O) groups is 8. The van der Waals surface area contributed by atoms with Crippen molar-refractivity contribution in [1.82, 2.24) is 51.5 Å². The number of fused-ring (bicyclic) bond motifs is 2. The van der Waals surface area contributed by atoms with E-state index in [1.807, 2.05) is 12.1 Å². The molecule has 0 aromatic heterocycles. The number of hydrogen-bond donors (Lipinski definition) is 8. The Bertz CT molecular complexity index is 2540. The van der Waals surface area contributed by atoms with Gasteiger partial charge in [0.05, 0.1) is 25.2 Å². The lowest BCUT2D eigenvalue weighted by Crippen LogP contribution is -2.62. The van der Waals surface area contributed by atoms with E-state index in [1.165, 1.54) is 34.1 Å². The van der Waals surface area contributed by atoms with E-state index in [0.29, 0.717) is 62.7 Å². The largest absolute Gasteiger partial charge is 0.351 e. The molecule has 10 amide bonds. The van der Waals surface area contributed by atoms with Crippen molar-refractivity contribution in [3.05, 3.63) is 95.6 Å². The van der Waals surface area contributed by atoms with Crippen LogP contribution in [0.1, 0.15) is 88.2 Å². The number of carbonyl (C=O) groups excluding carboxylic acids is 8. The van der Waals surface area contributed by atoms with Gasteiger partial charge in [0.25, 0.3) is 0 Å². The molecule has 20 nitrogen and oxygen atoms in total. The highest BCUT2D eigenvalue weighted by molar-refractivity contribution is 5.97. The van der Waals surface area contributed by atoms with Crippen LogP contribution in [-0.4, -0.2) is 168 Å². The van der Waals surface area contributed by atoms with Gasteiger partial charge in [0.2, 0.25) is 35.4 Å². The molecule has 406 valence electrons. The van der Waals surface area contributed by atoms with Crippen LogP contribution in [0, 0.1) is 11.6 Å². The van der Waals surface area contributed by atoms with Crippen LogP contribution in [0.15, 0.2) is 72.8 Å². The molecule has 8 N–H and O–H groups in total. The lowest BCUT2D eigenvalue weighted by molar-refractivity contribution is -0.144. The van der Waals surface area contributed by atoms with Gasteiger partial charge in [-0.3, -0.25) is 28.8 Å².